The van der Waals surface area contributed by atoms with Gasteiger partial charge in [0, 0.05) is 25.5 Å². The molecule has 0 saturated heterocycles. The van der Waals surface area contributed by atoms with Gasteiger partial charge in [0.2, 0.25) is 0 Å². The molecule has 0 aliphatic heterocycles. The van der Waals surface area contributed by atoms with E-state index in [0.29, 0.717) is 11.8 Å². The van der Waals surface area contributed by atoms with Gasteiger partial charge in [-0.1, -0.05) is 27.7 Å². The first kappa shape index (κ1) is 16.2. The summed E-state index contributed by atoms with van der Waals surface area (Å²) in [5.41, 5.74) is 0. The number of imidazole rings is 1. The molecule has 110 valence electrons. The van der Waals surface area contributed by atoms with E-state index >= 15 is 0 Å². The maximum Gasteiger partial charge on any atom is 0.122 e. The topological polar surface area (TPSA) is 39.1 Å². The number of nitrogens with one attached hydrogen (secondary N) is 1. The second-order valence-corrected chi connectivity index (χ2v) is 5.86. The smallest absolute Gasteiger partial charge is 0.122 e. The molecule has 1 N–H and O–H groups in total. The molecular formula is C15H29N3O. The summed E-state index contributed by atoms with van der Waals surface area (Å²) in [6, 6.07) is 0. The van der Waals surface area contributed by atoms with E-state index < -0.39 is 0 Å². The van der Waals surface area contributed by atoms with Gasteiger partial charge in [0.05, 0.1) is 13.2 Å². The maximum atomic E-state index is 5.65. The van der Waals surface area contributed by atoms with Gasteiger partial charge in [0.15, 0.2) is 0 Å². The standard InChI is InChI=1S/C15H29N3O/c1-13(2)5-9-19-10-8-18-7-6-17-15(18)12-16-11-14(3)4/h6-7,13-14,16H,5,8-12H2,1-4H3. The second-order valence-electron chi connectivity index (χ2n) is 5.86. The SMILES string of the molecule is CC(C)CCOCCn1ccnc1CNCC(C)C. The van der Waals surface area contributed by atoms with E-state index in [1.54, 1.807) is 0 Å². The lowest BCUT2D eigenvalue weighted by Crippen LogP contribution is -2.22. The summed E-state index contributed by atoms with van der Waals surface area (Å²) in [7, 11) is 0. The van der Waals surface area contributed by atoms with Crippen molar-refractivity contribution in [1.82, 2.24) is 14.9 Å². The molecule has 0 aromatic carbocycles. The zero-order chi connectivity index (χ0) is 14.1. The van der Waals surface area contributed by atoms with Crippen molar-refractivity contribution in [3.05, 3.63) is 18.2 Å². The van der Waals surface area contributed by atoms with E-state index in [0.717, 1.165) is 45.1 Å². The first-order valence-corrected chi connectivity index (χ1v) is 7.38. The number of hydrogen-bond donors (Lipinski definition) is 1. The van der Waals surface area contributed by atoms with Crippen molar-refractivity contribution in [3.63, 3.8) is 0 Å². The molecule has 0 atom stereocenters. The first-order valence-electron chi connectivity index (χ1n) is 7.38. The molecule has 19 heavy (non-hydrogen) atoms. The summed E-state index contributed by atoms with van der Waals surface area (Å²) >= 11 is 0. The lowest BCUT2D eigenvalue weighted by molar-refractivity contribution is 0.115. The molecule has 1 aromatic rings. The minimum absolute atomic E-state index is 0.669. The molecule has 1 aromatic heterocycles. The average molecular weight is 267 g/mol. The molecule has 0 fully saturated rings. The van der Waals surface area contributed by atoms with Gasteiger partial charge in [-0.25, -0.2) is 4.98 Å². The zero-order valence-electron chi connectivity index (χ0n) is 12.9. The van der Waals surface area contributed by atoms with Crippen LogP contribution in [0.15, 0.2) is 12.4 Å². The number of ether oxygens (including phenoxy) is 1. The molecule has 0 saturated carbocycles. The molecular weight excluding hydrogens is 238 g/mol. The lowest BCUT2D eigenvalue weighted by Gasteiger charge is -2.11. The Morgan fingerprint density at radius 3 is 2.68 bits per heavy atom. The summed E-state index contributed by atoms with van der Waals surface area (Å²) in [6.07, 6.45) is 5.02. The van der Waals surface area contributed by atoms with Gasteiger partial charge in [0.25, 0.3) is 0 Å². The molecule has 0 spiro atoms. The minimum Gasteiger partial charge on any atom is -0.380 e. The highest BCUT2D eigenvalue weighted by Crippen LogP contribution is 2.01. The maximum absolute atomic E-state index is 5.65. The lowest BCUT2D eigenvalue weighted by atomic mass is 10.1. The van der Waals surface area contributed by atoms with Crippen molar-refractivity contribution in [2.24, 2.45) is 11.8 Å². The molecule has 4 heteroatoms. The highest BCUT2D eigenvalue weighted by atomic mass is 16.5. The van der Waals surface area contributed by atoms with E-state index in [4.69, 9.17) is 4.74 Å². The largest absolute Gasteiger partial charge is 0.380 e. The van der Waals surface area contributed by atoms with Crippen molar-refractivity contribution in [2.75, 3.05) is 19.8 Å². The minimum atomic E-state index is 0.669. The highest BCUT2D eigenvalue weighted by molar-refractivity contribution is 4.91. The third-order valence-electron chi connectivity index (χ3n) is 2.95. The van der Waals surface area contributed by atoms with Gasteiger partial charge < -0.3 is 14.6 Å². The second kappa shape index (κ2) is 9.10. The van der Waals surface area contributed by atoms with Gasteiger partial charge in [-0.05, 0) is 24.8 Å². The Labute approximate surface area is 117 Å². The van der Waals surface area contributed by atoms with E-state index in [-0.39, 0.29) is 0 Å². The average Bonchev–Trinajstić information content (AvgIpc) is 2.75. The number of rotatable bonds is 10. The molecule has 0 amide bonds. The fourth-order valence-corrected chi connectivity index (χ4v) is 1.77. The van der Waals surface area contributed by atoms with Crippen LogP contribution in [-0.4, -0.2) is 29.3 Å². The van der Waals surface area contributed by atoms with Crippen LogP contribution in [0, 0.1) is 11.8 Å². The van der Waals surface area contributed by atoms with E-state index in [9.17, 15) is 0 Å². The summed E-state index contributed by atoms with van der Waals surface area (Å²) in [5, 5.41) is 3.42. The van der Waals surface area contributed by atoms with Crippen LogP contribution in [0.5, 0.6) is 0 Å². The van der Waals surface area contributed by atoms with Crippen molar-refractivity contribution >= 4 is 0 Å². The molecule has 0 aliphatic carbocycles. The Morgan fingerprint density at radius 2 is 2.00 bits per heavy atom. The predicted octanol–water partition coefficient (Wildman–Crippen LogP) is 2.69. The summed E-state index contributed by atoms with van der Waals surface area (Å²) in [4.78, 5) is 4.39. The fourth-order valence-electron chi connectivity index (χ4n) is 1.77. The third-order valence-corrected chi connectivity index (χ3v) is 2.95. The van der Waals surface area contributed by atoms with Crippen LogP contribution in [0.25, 0.3) is 0 Å². The van der Waals surface area contributed by atoms with Crippen LogP contribution in [0.1, 0.15) is 39.9 Å². The van der Waals surface area contributed by atoms with Gasteiger partial charge in [-0.15, -0.1) is 0 Å². The van der Waals surface area contributed by atoms with Crippen LogP contribution >= 0.6 is 0 Å². The van der Waals surface area contributed by atoms with Gasteiger partial charge >= 0.3 is 0 Å². The highest BCUT2D eigenvalue weighted by Gasteiger charge is 2.03. The molecule has 4 nitrogen and oxygen atoms in total. The van der Waals surface area contributed by atoms with E-state index in [1.165, 1.54) is 0 Å². The summed E-state index contributed by atoms with van der Waals surface area (Å²) in [5.74, 6) is 2.47. The zero-order valence-corrected chi connectivity index (χ0v) is 12.9. The van der Waals surface area contributed by atoms with Gasteiger partial charge in [-0.2, -0.15) is 0 Å². The van der Waals surface area contributed by atoms with Crippen molar-refractivity contribution in [2.45, 2.75) is 47.2 Å². The Kier molecular flexibility index (Phi) is 7.75. The Hall–Kier alpha value is -0.870. The molecule has 1 rings (SSSR count). The Morgan fingerprint density at radius 1 is 1.21 bits per heavy atom. The summed E-state index contributed by atoms with van der Waals surface area (Å²) in [6.45, 7) is 13.2. The van der Waals surface area contributed by atoms with Crippen LogP contribution in [-0.2, 0) is 17.8 Å². The number of nitrogens with zero attached hydrogens (tertiary/aromatic N) is 2. The first-order chi connectivity index (χ1) is 9.09. The predicted molar refractivity (Wildman–Crippen MR) is 79.0 cm³/mol. The van der Waals surface area contributed by atoms with Crippen molar-refractivity contribution in [1.29, 1.82) is 0 Å². The van der Waals surface area contributed by atoms with Crippen molar-refractivity contribution < 1.29 is 4.74 Å². The molecule has 0 unspecified atom stereocenters. The van der Waals surface area contributed by atoms with Crippen LogP contribution in [0.2, 0.25) is 0 Å². The number of aromatic nitrogens is 2. The van der Waals surface area contributed by atoms with Crippen LogP contribution in [0.4, 0.5) is 0 Å². The monoisotopic (exact) mass is 267 g/mol. The van der Waals surface area contributed by atoms with Crippen LogP contribution < -0.4 is 5.32 Å². The van der Waals surface area contributed by atoms with Crippen LogP contribution in [0.3, 0.4) is 0 Å². The third kappa shape index (κ3) is 7.33. The number of hydrogen-bond acceptors (Lipinski definition) is 3. The normalized spacial score (nSPS) is 11.7. The van der Waals surface area contributed by atoms with Gasteiger partial charge in [0.1, 0.15) is 5.82 Å². The summed E-state index contributed by atoms with van der Waals surface area (Å²) < 4.78 is 7.82. The fraction of sp³-hybridized carbons (Fsp3) is 0.800. The molecule has 0 radical (unpaired) electrons. The Balaban J connectivity index is 2.21. The van der Waals surface area contributed by atoms with Gasteiger partial charge in [-0.3, -0.25) is 0 Å². The Bertz CT molecular complexity index is 334. The van der Waals surface area contributed by atoms with Crippen molar-refractivity contribution in [3.8, 4) is 0 Å². The van der Waals surface area contributed by atoms with E-state index in [2.05, 4.69) is 42.6 Å². The van der Waals surface area contributed by atoms with E-state index in [1.807, 2.05) is 12.4 Å². The quantitative estimate of drug-likeness (QED) is 0.662. The molecule has 1 heterocycles. The molecule has 0 bridgehead atoms. The molecule has 0 aliphatic rings.